The minimum Gasteiger partial charge on any atom is -0.496 e. The van der Waals surface area contributed by atoms with Gasteiger partial charge in [-0.1, -0.05) is 54.1 Å². The number of aryl methyl sites for hydroxylation is 1. The molecule has 4 aromatic carbocycles. The number of rotatable bonds is 10. The molecule has 0 aromatic heterocycles. The zero-order chi connectivity index (χ0) is 29.0. The highest BCUT2D eigenvalue weighted by Gasteiger charge is 2.29. The molecular formula is C33H33ClO6. The monoisotopic (exact) mass is 560 g/mol. The molecule has 0 unspecified atom stereocenters. The number of ether oxygens (including phenoxy) is 4. The summed E-state index contributed by atoms with van der Waals surface area (Å²) >= 11 is 6.03. The van der Waals surface area contributed by atoms with E-state index in [1.807, 2.05) is 69.3 Å². The van der Waals surface area contributed by atoms with E-state index in [1.165, 1.54) is 0 Å². The molecule has 0 bridgehead atoms. The molecule has 40 heavy (non-hydrogen) atoms. The van der Waals surface area contributed by atoms with E-state index in [0.29, 0.717) is 39.1 Å². The number of aromatic carboxylic acids is 1. The van der Waals surface area contributed by atoms with Crippen LogP contribution in [0.25, 0.3) is 0 Å². The van der Waals surface area contributed by atoms with Crippen molar-refractivity contribution in [3.63, 3.8) is 0 Å². The van der Waals surface area contributed by atoms with Crippen LogP contribution in [0.2, 0.25) is 5.02 Å². The highest BCUT2D eigenvalue weighted by molar-refractivity contribution is 6.30. The number of carbonyl (C=O) groups is 1. The summed E-state index contributed by atoms with van der Waals surface area (Å²) in [6.45, 7) is 9.76. The van der Waals surface area contributed by atoms with Crippen molar-refractivity contribution < 1.29 is 28.8 Å². The zero-order valence-corrected chi connectivity index (χ0v) is 24.3. The number of methoxy groups -OCH3 is 1. The Bertz CT molecular complexity index is 1530. The van der Waals surface area contributed by atoms with Gasteiger partial charge in [-0.3, -0.25) is 0 Å². The molecular weight excluding hydrogens is 528 g/mol. The lowest BCUT2D eigenvalue weighted by Crippen LogP contribution is -2.11. The van der Waals surface area contributed by atoms with Crippen LogP contribution in [-0.4, -0.2) is 18.2 Å². The van der Waals surface area contributed by atoms with E-state index in [0.717, 1.165) is 27.8 Å². The third kappa shape index (κ3) is 6.02. The third-order valence-corrected chi connectivity index (χ3v) is 7.23. The lowest BCUT2D eigenvalue weighted by molar-refractivity contribution is 0.0690. The molecule has 0 aliphatic heterocycles. The topological polar surface area (TPSA) is 74.2 Å². The van der Waals surface area contributed by atoms with Crippen LogP contribution in [0.15, 0.2) is 60.7 Å². The summed E-state index contributed by atoms with van der Waals surface area (Å²) in [5.41, 5.74) is 5.46. The second-order valence-corrected chi connectivity index (χ2v) is 10.1. The van der Waals surface area contributed by atoms with Crippen LogP contribution in [0.4, 0.5) is 0 Å². The predicted octanol–water partition coefficient (Wildman–Crippen LogP) is 8.54. The first kappa shape index (κ1) is 28.8. The standard InChI is InChI=1S/C33H33ClO6/c1-19-16-27(37-6)21(3)29(20(19)2)40-32-22(4)28(33(35)36)30(38-18-25-12-14-26(34)15-13-25)23(5)31(32)39-17-24-10-8-7-9-11-24/h7-16H,17-18H2,1-6H3,(H,35,36). The molecule has 208 valence electrons. The summed E-state index contributed by atoms with van der Waals surface area (Å²) in [6, 6.07) is 18.9. The number of carboxylic acids is 1. The average molecular weight is 561 g/mol. The quantitative estimate of drug-likeness (QED) is 0.209. The van der Waals surface area contributed by atoms with Crippen molar-refractivity contribution in [2.75, 3.05) is 7.11 Å². The normalized spacial score (nSPS) is 10.8. The van der Waals surface area contributed by atoms with Gasteiger partial charge in [-0.15, -0.1) is 0 Å². The SMILES string of the molecule is COc1cc(C)c(C)c(Oc2c(C)c(C(=O)O)c(OCc3ccc(Cl)cc3)c(C)c2OCc2ccccc2)c1C. The Kier molecular flexibility index (Phi) is 8.90. The van der Waals surface area contributed by atoms with E-state index in [9.17, 15) is 9.90 Å². The third-order valence-electron chi connectivity index (χ3n) is 6.98. The van der Waals surface area contributed by atoms with Gasteiger partial charge in [-0.05, 0) is 75.1 Å². The molecule has 0 saturated carbocycles. The molecule has 0 aliphatic carbocycles. The maximum absolute atomic E-state index is 12.6. The molecule has 0 atom stereocenters. The molecule has 1 N–H and O–H groups in total. The molecule has 0 aliphatic rings. The van der Waals surface area contributed by atoms with E-state index in [4.69, 9.17) is 30.5 Å². The molecule has 0 heterocycles. The molecule has 0 radical (unpaired) electrons. The van der Waals surface area contributed by atoms with Gasteiger partial charge in [-0.2, -0.15) is 0 Å². The van der Waals surface area contributed by atoms with Crippen molar-refractivity contribution in [1.82, 2.24) is 0 Å². The Labute approximate surface area is 240 Å². The largest absolute Gasteiger partial charge is 0.496 e. The van der Waals surface area contributed by atoms with Crippen molar-refractivity contribution in [3.05, 3.63) is 110 Å². The van der Waals surface area contributed by atoms with Crippen LogP contribution in [0.3, 0.4) is 0 Å². The predicted molar refractivity (Wildman–Crippen MR) is 157 cm³/mol. The number of benzene rings is 4. The number of hydrogen-bond donors (Lipinski definition) is 1. The molecule has 7 heteroatoms. The Morgan fingerprint density at radius 1 is 0.725 bits per heavy atom. The van der Waals surface area contributed by atoms with Crippen molar-refractivity contribution in [1.29, 1.82) is 0 Å². The zero-order valence-electron chi connectivity index (χ0n) is 23.6. The van der Waals surface area contributed by atoms with Gasteiger partial charge in [0.25, 0.3) is 0 Å². The van der Waals surface area contributed by atoms with Crippen LogP contribution >= 0.6 is 11.6 Å². The Morgan fingerprint density at radius 3 is 1.93 bits per heavy atom. The summed E-state index contributed by atoms with van der Waals surface area (Å²) in [5, 5.41) is 10.9. The Hall–Kier alpha value is -4.16. The fourth-order valence-corrected chi connectivity index (χ4v) is 4.69. The highest BCUT2D eigenvalue weighted by atomic mass is 35.5. The molecule has 4 aromatic rings. The Balaban J connectivity index is 1.87. The second-order valence-electron chi connectivity index (χ2n) is 9.68. The van der Waals surface area contributed by atoms with Crippen LogP contribution in [0, 0.1) is 34.6 Å². The first-order valence-electron chi connectivity index (χ1n) is 12.9. The lowest BCUT2D eigenvalue weighted by Gasteiger charge is -2.24. The minimum absolute atomic E-state index is 0.0171. The van der Waals surface area contributed by atoms with Gasteiger partial charge in [0.2, 0.25) is 0 Å². The first-order valence-corrected chi connectivity index (χ1v) is 13.3. The number of hydrogen-bond acceptors (Lipinski definition) is 5. The van der Waals surface area contributed by atoms with Crippen molar-refractivity contribution in [3.8, 4) is 28.7 Å². The summed E-state index contributed by atoms with van der Waals surface area (Å²) in [7, 11) is 1.61. The molecule has 0 saturated heterocycles. The molecule has 0 amide bonds. The highest BCUT2D eigenvalue weighted by Crippen LogP contribution is 2.48. The smallest absolute Gasteiger partial charge is 0.339 e. The lowest BCUT2D eigenvalue weighted by atomic mass is 10.00. The van der Waals surface area contributed by atoms with Crippen LogP contribution in [0.5, 0.6) is 28.7 Å². The van der Waals surface area contributed by atoms with Crippen LogP contribution < -0.4 is 18.9 Å². The van der Waals surface area contributed by atoms with E-state index < -0.39 is 5.97 Å². The number of carboxylic acid groups (broad SMARTS) is 1. The van der Waals surface area contributed by atoms with Crippen molar-refractivity contribution in [2.45, 2.75) is 47.8 Å². The maximum Gasteiger partial charge on any atom is 0.339 e. The molecule has 0 fully saturated rings. The van der Waals surface area contributed by atoms with Crippen LogP contribution in [-0.2, 0) is 13.2 Å². The van der Waals surface area contributed by atoms with Crippen molar-refractivity contribution >= 4 is 17.6 Å². The van der Waals surface area contributed by atoms with Gasteiger partial charge in [0.15, 0.2) is 11.5 Å². The van der Waals surface area contributed by atoms with Crippen LogP contribution in [0.1, 0.15) is 49.3 Å². The number of halogens is 1. The Morgan fingerprint density at radius 2 is 1.32 bits per heavy atom. The molecule has 0 spiro atoms. The molecule has 6 nitrogen and oxygen atoms in total. The summed E-state index contributed by atoms with van der Waals surface area (Å²) < 4.78 is 24.7. The molecule has 4 rings (SSSR count). The summed E-state index contributed by atoms with van der Waals surface area (Å²) in [4.78, 5) is 12.6. The van der Waals surface area contributed by atoms with E-state index in [2.05, 4.69) is 0 Å². The van der Waals surface area contributed by atoms with Gasteiger partial charge in [0, 0.05) is 21.7 Å². The van der Waals surface area contributed by atoms with Gasteiger partial charge in [0.05, 0.1) is 7.11 Å². The fourth-order valence-electron chi connectivity index (χ4n) is 4.57. The van der Waals surface area contributed by atoms with E-state index in [-0.39, 0.29) is 24.5 Å². The first-order chi connectivity index (χ1) is 19.1. The van der Waals surface area contributed by atoms with E-state index >= 15 is 0 Å². The fraction of sp³-hybridized carbons (Fsp3) is 0.242. The van der Waals surface area contributed by atoms with Gasteiger partial charge in [-0.25, -0.2) is 4.79 Å². The van der Waals surface area contributed by atoms with Gasteiger partial charge >= 0.3 is 5.97 Å². The summed E-state index contributed by atoms with van der Waals surface area (Å²) in [6.07, 6.45) is 0. The van der Waals surface area contributed by atoms with E-state index in [1.54, 1.807) is 33.1 Å². The summed E-state index contributed by atoms with van der Waals surface area (Å²) in [5.74, 6) is 1.11. The maximum atomic E-state index is 12.6. The van der Waals surface area contributed by atoms with Gasteiger partial charge in [0.1, 0.15) is 36.0 Å². The average Bonchev–Trinajstić information content (AvgIpc) is 2.94. The van der Waals surface area contributed by atoms with Crippen molar-refractivity contribution in [2.24, 2.45) is 0 Å². The minimum atomic E-state index is -1.12. The van der Waals surface area contributed by atoms with Gasteiger partial charge < -0.3 is 24.1 Å². The second kappa shape index (κ2) is 12.3.